The van der Waals surface area contributed by atoms with E-state index in [9.17, 15) is 24.8 Å². The molecule has 0 atom stereocenters. The molecule has 132 valence electrons. The molecule has 26 heavy (non-hydrogen) atoms. The minimum atomic E-state index is -1.44. The molecule has 0 saturated heterocycles. The number of hydrogen-bond donors (Lipinski definition) is 2. The number of rotatable bonds is 5. The third-order valence-electron chi connectivity index (χ3n) is 3.51. The van der Waals surface area contributed by atoms with Crippen LogP contribution in [0, 0.1) is 10.1 Å². The molecular formula is C16H11N3O6S. The predicted octanol–water partition coefficient (Wildman–Crippen LogP) is 3.16. The quantitative estimate of drug-likeness (QED) is 0.518. The van der Waals surface area contributed by atoms with Crippen molar-refractivity contribution in [3.63, 3.8) is 0 Å². The molecule has 1 aromatic heterocycles. The maximum absolute atomic E-state index is 12.5. The summed E-state index contributed by atoms with van der Waals surface area (Å²) in [5, 5.41) is 23.0. The predicted molar refractivity (Wildman–Crippen MR) is 94.2 cm³/mol. The van der Waals surface area contributed by atoms with E-state index in [1.54, 1.807) is 18.2 Å². The molecule has 3 aromatic rings. The maximum atomic E-state index is 12.5. The first-order valence-corrected chi connectivity index (χ1v) is 7.99. The van der Waals surface area contributed by atoms with Crippen LogP contribution in [0.15, 0.2) is 36.4 Å². The number of hydrogen-bond acceptors (Lipinski definition) is 7. The number of carboxylic acids is 1. The fourth-order valence-electron chi connectivity index (χ4n) is 2.35. The van der Waals surface area contributed by atoms with Crippen LogP contribution in [0.2, 0.25) is 0 Å². The van der Waals surface area contributed by atoms with E-state index < -0.39 is 33.6 Å². The molecule has 0 radical (unpaired) electrons. The summed E-state index contributed by atoms with van der Waals surface area (Å²) in [5.74, 6) is -1.74. The van der Waals surface area contributed by atoms with Gasteiger partial charge in [-0.1, -0.05) is 17.4 Å². The minimum Gasteiger partial charge on any atom is -0.497 e. The first-order valence-electron chi connectivity index (χ1n) is 7.17. The van der Waals surface area contributed by atoms with Crippen LogP contribution in [0.25, 0.3) is 10.2 Å². The van der Waals surface area contributed by atoms with Gasteiger partial charge in [0.2, 0.25) is 0 Å². The third kappa shape index (κ3) is 3.17. The molecule has 0 unspecified atom stereocenters. The molecule has 1 heterocycles. The molecule has 10 heteroatoms. The van der Waals surface area contributed by atoms with Gasteiger partial charge in [0.05, 0.1) is 27.8 Å². The molecule has 0 spiro atoms. The van der Waals surface area contributed by atoms with Crippen molar-refractivity contribution >= 4 is 44.2 Å². The summed E-state index contributed by atoms with van der Waals surface area (Å²) < 4.78 is 5.85. The van der Waals surface area contributed by atoms with E-state index in [-0.39, 0.29) is 5.13 Å². The number of fused-ring (bicyclic) bond motifs is 1. The van der Waals surface area contributed by atoms with Gasteiger partial charge < -0.3 is 9.84 Å². The van der Waals surface area contributed by atoms with Crippen molar-refractivity contribution in [3.05, 3.63) is 57.6 Å². The number of aromatic nitrogens is 1. The number of methoxy groups -OCH3 is 1. The number of carbonyl (C=O) groups excluding carboxylic acids is 1. The van der Waals surface area contributed by atoms with Crippen molar-refractivity contribution in [2.45, 2.75) is 0 Å². The number of nitro benzene ring substituents is 1. The monoisotopic (exact) mass is 373 g/mol. The summed E-state index contributed by atoms with van der Waals surface area (Å²) in [7, 11) is 1.52. The lowest BCUT2D eigenvalue weighted by atomic mass is 10.0. The van der Waals surface area contributed by atoms with Gasteiger partial charge in [0.15, 0.2) is 5.13 Å². The first kappa shape index (κ1) is 17.3. The fraction of sp³-hybridized carbons (Fsp3) is 0.0625. The van der Waals surface area contributed by atoms with Gasteiger partial charge in [0, 0.05) is 6.07 Å². The third-order valence-corrected chi connectivity index (χ3v) is 4.45. The summed E-state index contributed by atoms with van der Waals surface area (Å²) in [6.07, 6.45) is 0. The smallest absolute Gasteiger partial charge is 0.336 e. The average molecular weight is 373 g/mol. The average Bonchev–Trinajstić information content (AvgIpc) is 3.01. The number of aromatic carboxylic acids is 1. The number of anilines is 1. The highest BCUT2D eigenvalue weighted by molar-refractivity contribution is 7.22. The Morgan fingerprint density at radius 1 is 1.31 bits per heavy atom. The molecule has 2 N–H and O–H groups in total. The van der Waals surface area contributed by atoms with Gasteiger partial charge in [-0.25, -0.2) is 9.78 Å². The fourth-order valence-corrected chi connectivity index (χ4v) is 3.24. The number of nitro groups is 1. The molecule has 0 saturated carbocycles. The molecular weight excluding hydrogens is 362 g/mol. The Labute approximate surface area is 150 Å². The SMILES string of the molecule is COc1ccc2nc(NC(=O)c3c(C(=O)O)cccc3[N+](=O)[O-])sc2c1. The van der Waals surface area contributed by atoms with Crippen molar-refractivity contribution in [2.24, 2.45) is 0 Å². The Morgan fingerprint density at radius 3 is 2.73 bits per heavy atom. The van der Waals surface area contributed by atoms with Crippen molar-refractivity contribution in [3.8, 4) is 5.75 Å². The number of nitrogens with one attached hydrogen (secondary N) is 1. The first-order chi connectivity index (χ1) is 12.4. The number of carbonyl (C=O) groups is 2. The Balaban J connectivity index is 2.00. The second-order valence-electron chi connectivity index (χ2n) is 5.07. The summed E-state index contributed by atoms with van der Waals surface area (Å²) in [6, 6.07) is 8.56. The van der Waals surface area contributed by atoms with Crippen LogP contribution in [-0.4, -0.2) is 34.0 Å². The second kappa shape index (κ2) is 6.76. The number of nitrogens with zero attached hydrogens (tertiary/aromatic N) is 2. The molecule has 0 bridgehead atoms. The second-order valence-corrected chi connectivity index (χ2v) is 6.10. The highest BCUT2D eigenvalue weighted by atomic mass is 32.1. The molecule has 2 aromatic carbocycles. The normalized spacial score (nSPS) is 10.5. The summed E-state index contributed by atoms with van der Waals surface area (Å²) in [4.78, 5) is 38.4. The Hall–Kier alpha value is -3.53. The van der Waals surface area contributed by atoms with Gasteiger partial charge in [-0.2, -0.15) is 0 Å². The Kier molecular flexibility index (Phi) is 4.50. The van der Waals surface area contributed by atoms with Crippen molar-refractivity contribution in [1.29, 1.82) is 0 Å². The van der Waals surface area contributed by atoms with Gasteiger partial charge in [-0.3, -0.25) is 20.2 Å². The lowest BCUT2D eigenvalue weighted by Crippen LogP contribution is -2.18. The lowest BCUT2D eigenvalue weighted by molar-refractivity contribution is -0.385. The van der Waals surface area contributed by atoms with Crippen molar-refractivity contribution in [2.75, 3.05) is 12.4 Å². The van der Waals surface area contributed by atoms with E-state index in [1.165, 1.54) is 13.2 Å². The number of benzene rings is 2. The van der Waals surface area contributed by atoms with Crippen LogP contribution in [0.3, 0.4) is 0 Å². The van der Waals surface area contributed by atoms with Crippen LogP contribution in [-0.2, 0) is 0 Å². The molecule has 1 amide bonds. The van der Waals surface area contributed by atoms with Gasteiger partial charge in [-0.05, 0) is 24.3 Å². The molecule has 0 aliphatic rings. The van der Waals surface area contributed by atoms with Gasteiger partial charge in [0.1, 0.15) is 11.3 Å². The minimum absolute atomic E-state index is 0.188. The van der Waals surface area contributed by atoms with E-state index in [0.717, 1.165) is 28.2 Å². The van der Waals surface area contributed by atoms with Crippen LogP contribution < -0.4 is 10.1 Å². The number of ether oxygens (including phenoxy) is 1. The number of amides is 1. The topological polar surface area (TPSA) is 132 Å². The standard InChI is InChI=1S/C16H11N3O6S/c1-25-8-5-6-10-12(7-8)26-16(17-10)18-14(20)13-9(15(21)22)3-2-4-11(13)19(23)24/h2-7H,1H3,(H,21,22)(H,17,18,20). The summed E-state index contributed by atoms with van der Waals surface area (Å²) >= 11 is 1.14. The van der Waals surface area contributed by atoms with E-state index >= 15 is 0 Å². The molecule has 0 aliphatic carbocycles. The zero-order valence-corrected chi connectivity index (χ0v) is 14.1. The maximum Gasteiger partial charge on any atom is 0.336 e. The van der Waals surface area contributed by atoms with Crippen molar-refractivity contribution in [1.82, 2.24) is 4.98 Å². The molecule has 0 fully saturated rings. The zero-order valence-electron chi connectivity index (χ0n) is 13.3. The molecule has 3 rings (SSSR count). The van der Waals surface area contributed by atoms with E-state index in [0.29, 0.717) is 11.3 Å². The Morgan fingerprint density at radius 2 is 2.08 bits per heavy atom. The van der Waals surface area contributed by atoms with E-state index in [2.05, 4.69) is 10.3 Å². The van der Waals surface area contributed by atoms with E-state index in [1.807, 2.05) is 0 Å². The van der Waals surface area contributed by atoms with Crippen LogP contribution in [0.5, 0.6) is 5.75 Å². The van der Waals surface area contributed by atoms with E-state index in [4.69, 9.17) is 4.74 Å². The van der Waals surface area contributed by atoms with Crippen molar-refractivity contribution < 1.29 is 24.4 Å². The molecule has 9 nitrogen and oxygen atoms in total. The number of carboxylic acid groups (broad SMARTS) is 1. The highest BCUT2D eigenvalue weighted by Gasteiger charge is 2.27. The molecule has 0 aliphatic heterocycles. The largest absolute Gasteiger partial charge is 0.497 e. The number of thiazole rings is 1. The Bertz CT molecular complexity index is 1010. The summed E-state index contributed by atoms with van der Waals surface area (Å²) in [5.41, 5.74) is -0.974. The lowest BCUT2D eigenvalue weighted by Gasteiger charge is -2.06. The van der Waals surface area contributed by atoms with Crippen LogP contribution >= 0.6 is 11.3 Å². The van der Waals surface area contributed by atoms with Crippen LogP contribution in [0.1, 0.15) is 20.7 Å². The van der Waals surface area contributed by atoms with Gasteiger partial charge in [0.25, 0.3) is 11.6 Å². The summed E-state index contributed by atoms with van der Waals surface area (Å²) in [6.45, 7) is 0. The van der Waals surface area contributed by atoms with Gasteiger partial charge in [-0.15, -0.1) is 0 Å². The van der Waals surface area contributed by atoms with Crippen LogP contribution in [0.4, 0.5) is 10.8 Å². The zero-order chi connectivity index (χ0) is 18.8. The van der Waals surface area contributed by atoms with Gasteiger partial charge >= 0.3 is 5.97 Å². The highest BCUT2D eigenvalue weighted by Crippen LogP contribution is 2.30.